The van der Waals surface area contributed by atoms with Crippen LogP contribution in [-0.4, -0.2) is 18.4 Å². The lowest BCUT2D eigenvalue weighted by molar-refractivity contribution is -0.122. The number of carbonyl (C=O) groups is 2. The SMILES string of the molecule is O=C(Cc1ccc(N(Cc2cccc(F)c2)C(=O)C2CCCC2)cc1)NCC1CC1. The summed E-state index contributed by atoms with van der Waals surface area (Å²) in [5, 5.41) is 2.98. The van der Waals surface area contributed by atoms with Crippen LogP contribution in [0.4, 0.5) is 10.1 Å². The maximum Gasteiger partial charge on any atom is 0.230 e. The third kappa shape index (κ3) is 5.47. The molecule has 4 rings (SSSR count). The Hall–Kier alpha value is -2.69. The first-order valence-corrected chi connectivity index (χ1v) is 11.0. The van der Waals surface area contributed by atoms with E-state index in [1.165, 1.54) is 25.0 Å². The minimum Gasteiger partial charge on any atom is -0.356 e. The lowest BCUT2D eigenvalue weighted by atomic mass is 10.0. The zero-order chi connectivity index (χ0) is 20.9. The highest BCUT2D eigenvalue weighted by atomic mass is 19.1. The van der Waals surface area contributed by atoms with Crippen molar-refractivity contribution in [3.05, 3.63) is 65.5 Å². The van der Waals surface area contributed by atoms with E-state index in [1.54, 1.807) is 11.0 Å². The number of nitrogens with zero attached hydrogens (tertiary/aromatic N) is 1. The van der Waals surface area contributed by atoms with Crippen LogP contribution in [0.25, 0.3) is 0 Å². The van der Waals surface area contributed by atoms with Crippen molar-refractivity contribution in [1.82, 2.24) is 5.32 Å². The van der Waals surface area contributed by atoms with Crippen LogP contribution in [0.3, 0.4) is 0 Å². The van der Waals surface area contributed by atoms with Gasteiger partial charge in [-0.1, -0.05) is 37.1 Å². The highest BCUT2D eigenvalue weighted by molar-refractivity contribution is 5.95. The van der Waals surface area contributed by atoms with Crippen LogP contribution in [0, 0.1) is 17.7 Å². The van der Waals surface area contributed by atoms with Crippen molar-refractivity contribution in [2.45, 2.75) is 51.5 Å². The van der Waals surface area contributed by atoms with Crippen molar-refractivity contribution in [3.8, 4) is 0 Å². The molecule has 0 heterocycles. The standard InChI is InChI=1S/C25H29FN2O2/c26-22-7-3-4-20(14-22)17-28(25(30)21-5-1-2-6-21)23-12-10-18(11-13-23)15-24(29)27-16-19-8-9-19/h3-4,7,10-14,19,21H,1-2,5-6,8-9,15-17H2,(H,27,29). The molecule has 0 unspecified atom stereocenters. The van der Waals surface area contributed by atoms with Crippen LogP contribution in [0.5, 0.6) is 0 Å². The van der Waals surface area contributed by atoms with Gasteiger partial charge in [0, 0.05) is 18.2 Å². The molecule has 158 valence electrons. The van der Waals surface area contributed by atoms with E-state index in [0.717, 1.165) is 49.0 Å². The summed E-state index contributed by atoms with van der Waals surface area (Å²) in [5.74, 6) is 0.536. The van der Waals surface area contributed by atoms with Gasteiger partial charge in [0.2, 0.25) is 11.8 Å². The summed E-state index contributed by atoms with van der Waals surface area (Å²) in [4.78, 5) is 27.1. The van der Waals surface area contributed by atoms with Gasteiger partial charge in [0.1, 0.15) is 5.82 Å². The van der Waals surface area contributed by atoms with Crippen LogP contribution in [0.2, 0.25) is 0 Å². The first-order valence-electron chi connectivity index (χ1n) is 11.0. The monoisotopic (exact) mass is 408 g/mol. The highest BCUT2D eigenvalue weighted by Crippen LogP contribution is 2.30. The molecule has 30 heavy (non-hydrogen) atoms. The first-order chi connectivity index (χ1) is 14.6. The summed E-state index contributed by atoms with van der Waals surface area (Å²) < 4.78 is 13.7. The topological polar surface area (TPSA) is 49.4 Å². The fraction of sp³-hybridized carbons (Fsp3) is 0.440. The number of carbonyl (C=O) groups excluding carboxylic acids is 2. The van der Waals surface area contributed by atoms with Crippen molar-refractivity contribution < 1.29 is 14.0 Å². The number of amides is 2. The van der Waals surface area contributed by atoms with E-state index in [9.17, 15) is 14.0 Å². The Bertz CT molecular complexity index is 886. The Morgan fingerprint density at radius 2 is 1.70 bits per heavy atom. The van der Waals surface area contributed by atoms with Gasteiger partial charge in [0.25, 0.3) is 0 Å². The predicted octanol–water partition coefficient (Wildman–Crippen LogP) is 4.62. The molecule has 2 aromatic carbocycles. The second-order valence-electron chi connectivity index (χ2n) is 8.63. The molecule has 2 saturated carbocycles. The molecule has 0 bridgehead atoms. The van der Waals surface area contributed by atoms with Gasteiger partial charge in [-0.05, 0) is 67.0 Å². The zero-order valence-electron chi connectivity index (χ0n) is 17.3. The highest BCUT2D eigenvalue weighted by Gasteiger charge is 2.28. The quantitative estimate of drug-likeness (QED) is 0.693. The van der Waals surface area contributed by atoms with Crippen LogP contribution in [0.15, 0.2) is 48.5 Å². The summed E-state index contributed by atoms with van der Waals surface area (Å²) in [6.07, 6.45) is 6.76. The van der Waals surface area contributed by atoms with E-state index >= 15 is 0 Å². The third-order valence-corrected chi connectivity index (χ3v) is 6.10. The summed E-state index contributed by atoms with van der Waals surface area (Å²) in [5.41, 5.74) is 2.48. The molecule has 2 amide bonds. The first kappa shape index (κ1) is 20.6. The Morgan fingerprint density at radius 3 is 2.37 bits per heavy atom. The Labute approximate surface area is 177 Å². The molecule has 0 aromatic heterocycles. The van der Waals surface area contributed by atoms with Crippen molar-refractivity contribution in [3.63, 3.8) is 0 Å². The lowest BCUT2D eigenvalue weighted by Gasteiger charge is -2.26. The molecular formula is C25H29FN2O2. The number of benzene rings is 2. The largest absolute Gasteiger partial charge is 0.356 e. The van der Waals surface area contributed by atoms with Crippen molar-refractivity contribution in [2.24, 2.45) is 11.8 Å². The second-order valence-corrected chi connectivity index (χ2v) is 8.63. The van der Waals surface area contributed by atoms with E-state index in [2.05, 4.69) is 5.32 Å². The van der Waals surface area contributed by atoms with E-state index in [1.807, 2.05) is 30.3 Å². The van der Waals surface area contributed by atoms with Gasteiger partial charge in [-0.25, -0.2) is 4.39 Å². The average Bonchev–Trinajstić information content (AvgIpc) is 3.41. The molecule has 5 heteroatoms. The fourth-order valence-corrected chi connectivity index (χ4v) is 4.13. The molecule has 2 fully saturated rings. The summed E-state index contributed by atoms with van der Waals surface area (Å²) in [6, 6.07) is 14.0. The Balaban J connectivity index is 1.47. The predicted molar refractivity (Wildman–Crippen MR) is 115 cm³/mol. The van der Waals surface area contributed by atoms with Gasteiger partial charge in [-0.3, -0.25) is 9.59 Å². The van der Waals surface area contributed by atoms with Gasteiger partial charge in [-0.2, -0.15) is 0 Å². The molecule has 4 nitrogen and oxygen atoms in total. The van der Waals surface area contributed by atoms with Gasteiger partial charge in [-0.15, -0.1) is 0 Å². The van der Waals surface area contributed by atoms with Gasteiger partial charge in [0.05, 0.1) is 13.0 Å². The van der Waals surface area contributed by atoms with E-state index in [0.29, 0.717) is 18.9 Å². The molecule has 2 aromatic rings. The van der Waals surface area contributed by atoms with Crippen LogP contribution in [-0.2, 0) is 22.6 Å². The second kappa shape index (κ2) is 9.41. The smallest absolute Gasteiger partial charge is 0.230 e. The Morgan fingerprint density at radius 1 is 0.967 bits per heavy atom. The number of hydrogen-bond donors (Lipinski definition) is 1. The molecule has 2 aliphatic carbocycles. The number of nitrogens with one attached hydrogen (secondary N) is 1. The van der Waals surface area contributed by atoms with E-state index in [4.69, 9.17) is 0 Å². The number of hydrogen-bond acceptors (Lipinski definition) is 2. The number of halogens is 1. The maximum absolute atomic E-state index is 13.7. The molecule has 0 radical (unpaired) electrons. The average molecular weight is 409 g/mol. The molecule has 1 N–H and O–H groups in total. The molecule has 0 saturated heterocycles. The molecule has 0 atom stereocenters. The van der Waals surface area contributed by atoms with Crippen molar-refractivity contribution in [2.75, 3.05) is 11.4 Å². The minimum absolute atomic E-state index is 0.0337. The van der Waals surface area contributed by atoms with Crippen LogP contribution >= 0.6 is 0 Å². The number of anilines is 1. The third-order valence-electron chi connectivity index (χ3n) is 6.10. The summed E-state index contributed by atoms with van der Waals surface area (Å²) >= 11 is 0. The van der Waals surface area contributed by atoms with Gasteiger partial charge in [0.15, 0.2) is 0 Å². The molecule has 0 aliphatic heterocycles. The van der Waals surface area contributed by atoms with Crippen LogP contribution in [0.1, 0.15) is 49.7 Å². The van der Waals surface area contributed by atoms with Gasteiger partial charge < -0.3 is 10.2 Å². The molecule has 0 spiro atoms. The lowest BCUT2D eigenvalue weighted by Crippen LogP contribution is -2.35. The number of rotatable bonds is 8. The van der Waals surface area contributed by atoms with Gasteiger partial charge >= 0.3 is 0 Å². The van der Waals surface area contributed by atoms with E-state index < -0.39 is 0 Å². The fourth-order valence-electron chi connectivity index (χ4n) is 4.13. The van der Waals surface area contributed by atoms with E-state index in [-0.39, 0.29) is 23.5 Å². The normalized spacial score (nSPS) is 16.4. The maximum atomic E-state index is 13.7. The van der Waals surface area contributed by atoms with Crippen molar-refractivity contribution in [1.29, 1.82) is 0 Å². The Kier molecular flexibility index (Phi) is 6.46. The minimum atomic E-state index is -0.298. The molecular weight excluding hydrogens is 379 g/mol. The van der Waals surface area contributed by atoms with Crippen molar-refractivity contribution >= 4 is 17.5 Å². The van der Waals surface area contributed by atoms with Crippen LogP contribution < -0.4 is 10.2 Å². The summed E-state index contributed by atoms with van der Waals surface area (Å²) in [7, 11) is 0. The zero-order valence-corrected chi connectivity index (χ0v) is 17.3. The summed E-state index contributed by atoms with van der Waals surface area (Å²) in [6.45, 7) is 1.11. The molecule has 2 aliphatic rings.